The van der Waals surface area contributed by atoms with Gasteiger partial charge in [0, 0.05) is 35.3 Å². The fraction of sp³-hybridized carbons (Fsp3) is 0.333. The van der Waals surface area contributed by atoms with Gasteiger partial charge in [-0.15, -0.1) is 0 Å². The van der Waals surface area contributed by atoms with Crippen molar-refractivity contribution in [1.82, 2.24) is 15.6 Å². The topological polar surface area (TPSA) is 184 Å². The Morgan fingerprint density at radius 1 is 1.23 bits per heavy atom. The van der Waals surface area contributed by atoms with E-state index in [2.05, 4.69) is 36.9 Å². The summed E-state index contributed by atoms with van der Waals surface area (Å²) in [4.78, 5) is 50.0. The molecule has 0 spiro atoms. The maximum absolute atomic E-state index is 12.3. The summed E-state index contributed by atoms with van der Waals surface area (Å²) in [5.41, 5.74) is 0.268. The molecular formula is C21H24BrN5NaO7+. The first-order chi connectivity index (χ1) is 16.1. The van der Waals surface area contributed by atoms with E-state index < -0.39 is 47.2 Å². The van der Waals surface area contributed by atoms with Crippen molar-refractivity contribution in [1.29, 1.82) is 0 Å². The third kappa shape index (κ3) is 10.2. The molecule has 1 unspecified atom stereocenters. The maximum Gasteiger partial charge on any atom is 1.00 e. The minimum Gasteiger partial charge on any atom is -0.502 e. The number of carbonyl (C=O) groups excluding carboxylic acids is 2. The average molecular weight is 561 g/mol. The number of pyridine rings is 1. The van der Waals surface area contributed by atoms with Crippen LogP contribution in [0.3, 0.4) is 0 Å². The van der Waals surface area contributed by atoms with Gasteiger partial charge in [0.1, 0.15) is 5.82 Å². The van der Waals surface area contributed by atoms with E-state index in [1.54, 1.807) is 6.20 Å². The van der Waals surface area contributed by atoms with Gasteiger partial charge in [-0.1, -0.05) is 15.9 Å². The number of nitro groups is 1. The molecule has 14 heteroatoms. The molecule has 1 atom stereocenters. The molecule has 0 fully saturated rings. The molecule has 2 aromatic rings. The summed E-state index contributed by atoms with van der Waals surface area (Å²) in [6.45, 7) is 2.00. The SMILES string of the molecule is Cc1ccnc(NCCCC(=O)NCC(=O)NC(CC(=O)O)c2cc(Br)cc([N+](=O)[O-])c2O)c1.[Na+]. The number of carbonyl (C=O) groups is 3. The Labute approximate surface area is 231 Å². The Morgan fingerprint density at radius 2 is 1.94 bits per heavy atom. The number of halogens is 1. The summed E-state index contributed by atoms with van der Waals surface area (Å²) in [6.07, 6.45) is 1.66. The second-order valence-electron chi connectivity index (χ2n) is 7.36. The number of aryl methyl sites for hydroxylation is 1. The number of phenolic OH excluding ortho intramolecular Hbond substituents is 1. The molecule has 0 saturated carbocycles. The number of anilines is 1. The molecule has 35 heavy (non-hydrogen) atoms. The molecular weight excluding hydrogens is 537 g/mol. The van der Waals surface area contributed by atoms with E-state index in [9.17, 15) is 34.7 Å². The molecule has 2 rings (SSSR count). The molecule has 182 valence electrons. The first-order valence-corrected chi connectivity index (χ1v) is 11.0. The summed E-state index contributed by atoms with van der Waals surface area (Å²) >= 11 is 3.07. The summed E-state index contributed by atoms with van der Waals surface area (Å²) < 4.78 is 0.222. The molecule has 1 aromatic heterocycles. The number of hydrogen-bond donors (Lipinski definition) is 5. The van der Waals surface area contributed by atoms with Gasteiger partial charge in [0.05, 0.1) is 23.9 Å². The predicted molar refractivity (Wildman–Crippen MR) is 125 cm³/mol. The third-order valence-electron chi connectivity index (χ3n) is 4.62. The van der Waals surface area contributed by atoms with E-state index >= 15 is 0 Å². The summed E-state index contributed by atoms with van der Waals surface area (Å²) in [5, 5.41) is 38.5. The first-order valence-electron chi connectivity index (χ1n) is 10.2. The van der Waals surface area contributed by atoms with E-state index in [1.165, 1.54) is 6.07 Å². The van der Waals surface area contributed by atoms with Crippen LogP contribution in [0.5, 0.6) is 5.75 Å². The average Bonchev–Trinajstić information content (AvgIpc) is 2.75. The zero-order valence-corrected chi connectivity index (χ0v) is 22.8. The number of rotatable bonds is 12. The fourth-order valence-corrected chi connectivity index (χ4v) is 3.50. The summed E-state index contributed by atoms with van der Waals surface area (Å²) in [5.74, 6) is -2.46. The van der Waals surface area contributed by atoms with Gasteiger partial charge in [-0.2, -0.15) is 0 Å². The van der Waals surface area contributed by atoms with Gasteiger partial charge in [-0.05, 0) is 37.1 Å². The van der Waals surface area contributed by atoms with Crippen LogP contribution in [-0.4, -0.2) is 51.0 Å². The maximum atomic E-state index is 12.3. The fourth-order valence-electron chi connectivity index (χ4n) is 3.03. The first kappa shape index (κ1) is 30.3. The molecule has 0 aliphatic carbocycles. The number of nitrogens with one attached hydrogen (secondary N) is 3. The van der Waals surface area contributed by atoms with Crippen LogP contribution in [0.4, 0.5) is 11.5 Å². The van der Waals surface area contributed by atoms with Crippen LogP contribution in [-0.2, 0) is 14.4 Å². The van der Waals surface area contributed by atoms with Crippen molar-refractivity contribution in [3.8, 4) is 5.75 Å². The molecule has 2 amide bonds. The number of carboxylic acids is 1. The van der Waals surface area contributed by atoms with Crippen molar-refractivity contribution >= 4 is 45.2 Å². The van der Waals surface area contributed by atoms with E-state index in [4.69, 9.17) is 0 Å². The number of phenols is 1. The monoisotopic (exact) mass is 560 g/mol. The van der Waals surface area contributed by atoms with Gasteiger partial charge >= 0.3 is 41.2 Å². The van der Waals surface area contributed by atoms with Crippen LogP contribution in [0.25, 0.3) is 0 Å². The van der Waals surface area contributed by atoms with Crippen molar-refractivity contribution in [2.24, 2.45) is 0 Å². The summed E-state index contributed by atoms with van der Waals surface area (Å²) in [6, 6.07) is 4.82. The predicted octanol–water partition coefficient (Wildman–Crippen LogP) is -0.589. The normalized spacial score (nSPS) is 11.0. The minimum absolute atomic E-state index is 0. The minimum atomic E-state index is -1.30. The Hall–Kier alpha value is -2.74. The van der Waals surface area contributed by atoms with Gasteiger partial charge in [0.15, 0.2) is 5.75 Å². The number of nitrogens with zero attached hydrogens (tertiary/aromatic N) is 2. The number of aromatic nitrogens is 1. The number of aliphatic carboxylic acids is 1. The van der Waals surface area contributed by atoms with Crippen molar-refractivity contribution in [2.75, 3.05) is 18.4 Å². The molecule has 0 bridgehead atoms. The van der Waals surface area contributed by atoms with E-state index in [0.717, 1.165) is 11.6 Å². The molecule has 0 saturated heterocycles. The number of hydrogen-bond acceptors (Lipinski definition) is 8. The quantitative estimate of drug-likeness (QED) is 0.0979. The molecule has 0 aliphatic heterocycles. The van der Waals surface area contributed by atoms with Crippen molar-refractivity contribution in [3.63, 3.8) is 0 Å². The molecule has 0 aliphatic rings. The Kier molecular flexibility index (Phi) is 12.6. The zero-order chi connectivity index (χ0) is 25.3. The summed E-state index contributed by atoms with van der Waals surface area (Å²) in [7, 11) is 0. The molecule has 1 aromatic carbocycles. The number of benzene rings is 1. The van der Waals surface area contributed by atoms with Crippen LogP contribution in [0, 0.1) is 17.0 Å². The number of carboxylic acid groups (broad SMARTS) is 1. The van der Waals surface area contributed by atoms with E-state index in [0.29, 0.717) is 18.8 Å². The largest absolute Gasteiger partial charge is 1.00 e. The Bertz CT molecular complexity index is 1090. The van der Waals surface area contributed by atoms with Crippen LogP contribution in [0.15, 0.2) is 34.9 Å². The van der Waals surface area contributed by atoms with Crippen molar-refractivity contribution in [3.05, 3.63) is 56.2 Å². The van der Waals surface area contributed by atoms with Gasteiger partial charge < -0.3 is 26.2 Å². The molecule has 1 heterocycles. The van der Waals surface area contributed by atoms with Gasteiger partial charge in [-0.25, -0.2) is 4.98 Å². The Morgan fingerprint density at radius 3 is 2.57 bits per heavy atom. The molecule has 0 radical (unpaired) electrons. The smallest absolute Gasteiger partial charge is 0.502 e. The van der Waals surface area contributed by atoms with Crippen LogP contribution >= 0.6 is 15.9 Å². The second-order valence-corrected chi connectivity index (χ2v) is 8.28. The standard InChI is InChI=1S/C21H24BrN5O7.Na/c1-12-4-6-24-17(7-12)23-5-2-3-18(28)25-11-19(29)26-15(10-20(30)31)14-8-13(22)9-16(21(14)32)27(33)34;/h4,6-9,15,32H,2-3,5,10-11H2,1H3,(H,23,24)(H,25,28)(H,26,29)(H,30,31);/q;+1. The number of nitro benzene ring substituents is 1. The van der Waals surface area contributed by atoms with Gasteiger partial charge in [-0.3, -0.25) is 24.5 Å². The zero-order valence-electron chi connectivity index (χ0n) is 19.2. The van der Waals surface area contributed by atoms with Crippen LogP contribution < -0.4 is 45.5 Å². The van der Waals surface area contributed by atoms with Crippen molar-refractivity contribution in [2.45, 2.75) is 32.2 Å². The van der Waals surface area contributed by atoms with Crippen LogP contribution in [0.1, 0.15) is 36.4 Å². The second kappa shape index (κ2) is 14.6. The van der Waals surface area contributed by atoms with Gasteiger partial charge in [0.2, 0.25) is 11.8 Å². The van der Waals surface area contributed by atoms with E-state index in [-0.39, 0.29) is 51.9 Å². The molecule has 12 nitrogen and oxygen atoms in total. The van der Waals surface area contributed by atoms with E-state index in [1.807, 2.05) is 19.1 Å². The van der Waals surface area contributed by atoms with Crippen molar-refractivity contribution < 1.29 is 59.1 Å². The number of amides is 2. The van der Waals surface area contributed by atoms with Crippen LogP contribution in [0.2, 0.25) is 0 Å². The number of aromatic hydroxyl groups is 1. The Balaban J connectivity index is 0.00000612. The van der Waals surface area contributed by atoms with Gasteiger partial charge in [0.25, 0.3) is 0 Å². The third-order valence-corrected chi connectivity index (χ3v) is 5.08. The molecule has 5 N–H and O–H groups in total.